The van der Waals surface area contributed by atoms with Crippen molar-refractivity contribution >= 4 is 10.8 Å². The van der Waals surface area contributed by atoms with E-state index in [1.807, 2.05) is 30.3 Å². The number of hydrogen-bond acceptors (Lipinski definition) is 2. The van der Waals surface area contributed by atoms with Gasteiger partial charge in [0.05, 0.1) is 11.9 Å². The molecular weight excluding hydrogens is 172 g/mol. The molecule has 0 amide bonds. The molecule has 0 saturated carbocycles. The van der Waals surface area contributed by atoms with E-state index in [4.69, 9.17) is 0 Å². The maximum Gasteiger partial charge on any atom is 0.0905 e. The second kappa shape index (κ2) is 4.38. The Kier molecular flexibility index (Phi) is 3.44. The highest BCUT2D eigenvalue weighted by Crippen LogP contribution is 2.12. The van der Waals surface area contributed by atoms with E-state index in [0.717, 1.165) is 5.56 Å². The highest BCUT2D eigenvalue weighted by molar-refractivity contribution is 7.84. The van der Waals surface area contributed by atoms with Crippen LogP contribution >= 0.6 is 0 Å². The molecule has 0 radical (unpaired) electrons. The monoisotopic (exact) mass is 184 g/mol. The van der Waals surface area contributed by atoms with Crippen LogP contribution in [0.4, 0.5) is 0 Å². The highest BCUT2D eigenvalue weighted by Gasteiger charge is 2.07. The molecule has 66 valence electrons. The molecule has 12 heavy (non-hydrogen) atoms. The first-order chi connectivity index (χ1) is 5.70. The SMILES string of the molecule is CS(=O)CC(O)c1ccccc1. The van der Waals surface area contributed by atoms with Crippen molar-refractivity contribution < 1.29 is 9.32 Å². The van der Waals surface area contributed by atoms with E-state index in [-0.39, 0.29) is 0 Å². The van der Waals surface area contributed by atoms with E-state index in [2.05, 4.69) is 0 Å². The zero-order valence-electron chi connectivity index (χ0n) is 6.93. The number of hydrogen-bond donors (Lipinski definition) is 1. The molecule has 2 atom stereocenters. The second-order valence-electron chi connectivity index (χ2n) is 2.67. The molecule has 1 rings (SSSR count). The van der Waals surface area contributed by atoms with E-state index < -0.39 is 16.9 Å². The van der Waals surface area contributed by atoms with Gasteiger partial charge in [0, 0.05) is 17.1 Å². The lowest BCUT2D eigenvalue weighted by Crippen LogP contribution is -2.07. The Labute approximate surface area is 74.7 Å². The van der Waals surface area contributed by atoms with E-state index in [0.29, 0.717) is 5.75 Å². The summed E-state index contributed by atoms with van der Waals surface area (Å²) in [6.45, 7) is 0. The average molecular weight is 184 g/mol. The summed E-state index contributed by atoms with van der Waals surface area (Å²) in [4.78, 5) is 0. The van der Waals surface area contributed by atoms with Crippen LogP contribution in [-0.4, -0.2) is 21.3 Å². The third-order valence-electron chi connectivity index (χ3n) is 1.58. The fraction of sp³-hybridized carbons (Fsp3) is 0.333. The molecule has 0 aromatic heterocycles. The van der Waals surface area contributed by atoms with Crippen molar-refractivity contribution in [2.24, 2.45) is 0 Å². The zero-order chi connectivity index (χ0) is 8.97. The maximum absolute atomic E-state index is 10.8. The van der Waals surface area contributed by atoms with Gasteiger partial charge < -0.3 is 5.11 Å². The van der Waals surface area contributed by atoms with Crippen molar-refractivity contribution in [2.45, 2.75) is 6.10 Å². The lowest BCUT2D eigenvalue weighted by atomic mass is 10.1. The molecule has 2 unspecified atom stereocenters. The van der Waals surface area contributed by atoms with Gasteiger partial charge in [-0.05, 0) is 5.56 Å². The van der Waals surface area contributed by atoms with Crippen molar-refractivity contribution in [3.63, 3.8) is 0 Å². The van der Waals surface area contributed by atoms with E-state index >= 15 is 0 Å². The Morgan fingerprint density at radius 2 is 2.00 bits per heavy atom. The standard InChI is InChI=1S/C9H12O2S/c1-12(11)7-9(10)8-5-3-2-4-6-8/h2-6,9-10H,7H2,1H3. The Bertz CT molecular complexity index is 258. The number of aliphatic hydroxyl groups excluding tert-OH is 1. The molecule has 0 bridgehead atoms. The normalized spacial score (nSPS) is 15.5. The van der Waals surface area contributed by atoms with Crippen LogP contribution < -0.4 is 0 Å². The second-order valence-corrected chi connectivity index (χ2v) is 4.15. The largest absolute Gasteiger partial charge is 0.387 e. The lowest BCUT2D eigenvalue weighted by molar-refractivity contribution is 0.203. The van der Waals surface area contributed by atoms with Crippen LogP contribution in [0.5, 0.6) is 0 Å². The average Bonchev–Trinajstić information content (AvgIpc) is 2.05. The van der Waals surface area contributed by atoms with Gasteiger partial charge in [0.25, 0.3) is 0 Å². The summed E-state index contributed by atoms with van der Waals surface area (Å²) in [5.41, 5.74) is 0.827. The Morgan fingerprint density at radius 1 is 1.42 bits per heavy atom. The number of rotatable bonds is 3. The Balaban J connectivity index is 2.65. The molecule has 0 heterocycles. The number of benzene rings is 1. The summed E-state index contributed by atoms with van der Waals surface area (Å²) >= 11 is 0. The van der Waals surface area contributed by atoms with Crippen LogP contribution in [-0.2, 0) is 10.8 Å². The van der Waals surface area contributed by atoms with E-state index in [1.54, 1.807) is 6.26 Å². The predicted molar refractivity (Wildman–Crippen MR) is 50.3 cm³/mol. The summed E-state index contributed by atoms with van der Waals surface area (Å²) in [5.74, 6) is 0.310. The fourth-order valence-electron chi connectivity index (χ4n) is 0.994. The van der Waals surface area contributed by atoms with Crippen LogP contribution in [0.3, 0.4) is 0 Å². The van der Waals surface area contributed by atoms with Crippen LogP contribution in [0.2, 0.25) is 0 Å². The molecule has 0 aliphatic heterocycles. The number of aliphatic hydroxyl groups is 1. The minimum absolute atomic E-state index is 0.310. The van der Waals surface area contributed by atoms with Crippen LogP contribution in [0.25, 0.3) is 0 Å². The van der Waals surface area contributed by atoms with Gasteiger partial charge in [0.1, 0.15) is 0 Å². The minimum Gasteiger partial charge on any atom is -0.387 e. The Morgan fingerprint density at radius 3 is 2.50 bits per heavy atom. The summed E-state index contributed by atoms with van der Waals surface area (Å²) in [6.07, 6.45) is 0.989. The van der Waals surface area contributed by atoms with Crippen LogP contribution in [0.15, 0.2) is 30.3 Å². The summed E-state index contributed by atoms with van der Waals surface area (Å²) in [5, 5.41) is 9.50. The van der Waals surface area contributed by atoms with Crippen LogP contribution in [0.1, 0.15) is 11.7 Å². The molecule has 0 aliphatic carbocycles. The van der Waals surface area contributed by atoms with Crippen molar-refractivity contribution in [2.75, 3.05) is 12.0 Å². The molecule has 1 N–H and O–H groups in total. The van der Waals surface area contributed by atoms with E-state index in [1.165, 1.54) is 0 Å². The molecule has 0 saturated heterocycles. The molecule has 1 aromatic carbocycles. The molecule has 3 heteroatoms. The summed E-state index contributed by atoms with van der Waals surface area (Å²) in [7, 11) is -0.946. The summed E-state index contributed by atoms with van der Waals surface area (Å²) in [6, 6.07) is 9.27. The minimum atomic E-state index is -0.946. The van der Waals surface area contributed by atoms with Crippen molar-refractivity contribution in [3.05, 3.63) is 35.9 Å². The van der Waals surface area contributed by atoms with Gasteiger partial charge in [0.15, 0.2) is 0 Å². The van der Waals surface area contributed by atoms with E-state index in [9.17, 15) is 9.32 Å². The smallest absolute Gasteiger partial charge is 0.0905 e. The van der Waals surface area contributed by atoms with Gasteiger partial charge in [-0.2, -0.15) is 0 Å². The molecular formula is C9H12O2S. The Hall–Kier alpha value is -0.670. The first-order valence-electron chi connectivity index (χ1n) is 3.73. The predicted octanol–water partition coefficient (Wildman–Crippen LogP) is 1.10. The van der Waals surface area contributed by atoms with Gasteiger partial charge in [0.2, 0.25) is 0 Å². The molecule has 0 fully saturated rings. The first kappa shape index (κ1) is 9.42. The molecule has 2 nitrogen and oxygen atoms in total. The highest BCUT2D eigenvalue weighted by atomic mass is 32.2. The molecule has 0 aliphatic rings. The topological polar surface area (TPSA) is 37.3 Å². The molecule has 1 aromatic rings. The van der Waals surface area contributed by atoms with Crippen molar-refractivity contribution in [1.82, 2.24) is 0 Å². The van der Waals surface area contributed by atoms with Gasteiger partial charge in [-0.15, -0.1) is 0 Å². The quantitative estimate of drug-likeness (QED) is 0.763. The van der Waals surface area contributed by atoms with Crippen molar-refractivity contribution in [3.8, 4) is 0 Å². The third-order valence-corrected chi connectivity index (χ3v) is 2.36. The van der Waals surface area contributed by atoms with Gasteiger partial charge in [-0.1, -0.05) is 30.3 Å². The fourth-order valence-corrected chi connectivity index (χ4v) is 1.63. The maximum atomic E-state index is 10.8. The molecule has 0 spiro atoms. The lowest BCUT2D eigenvalue weighted by Gasteiger charge is -2.07. The first-order valence-corrected chi connectivity index (χ1v) is 5.46. The zero-order valence-corrected chi connectivity index (χ0v) is 7.75. The van der Waals surface area contributed by atoms with Gasteiger partial charge in [-0.3, -0.25) is 4.21 Å². The van der Waals surface area contributed by atoms with Crippen molar-refractivity contribution in [1.29, 1.82) is 0 Å². The summed E-state index contributed by atoms with van der Waals surface area (Å²) < 4.78 is 10.8. The van der Waals surface area contributed by atoms with Gasteiger partial charge in [-0.25, -0.2) is 0 Å². The van der Waals surface area contributed by atoms with Crippen LogP contribution in [0, 0.1) is 0 Å². The third kappa shape index (κ3) is 2.75. The van der Waals surface area contributed by atoms with Gasteiger partial charge >= 0.3 is 0 Å².